The number of amides is 1. The third-order valence-electron chi connectivity index (χ3n) is 3.22. The van der Waals surface area contributed by atoms with Crippen molar-refractivity contribution >= 4 is 22.4 Å². The lowest BCUT2D eigenvalue weighted by atomic mass is 10.1. The largest absolute Gasteiger partial charge is 0.296 e. The summed E-state index contributed by atoms with van der Waals surface area (Å²) in [5, 5.41) is 12.5. The fraction of sp³-hybridized carbons (Fsp3) is 0.438. The molecule has 1 aromatic heterocycles. The second kappa shape index (κ2) is 8.52. The molecule has 5 heteroatoms. The van der Waals surface area contributed by atoms with E-state index in [0.717, 1.165) is 17.8 Å². The zero-order valence-electron chi connectivity index (χ0n) is 12.3. The van der Waals surface area contributed by atoms with E-state index in [1.165, 1.54) is 37.0 Å². The molecule has 0 saturated carbocycles. The fourth-order valence-electron chi connectivity index (χ4n) is 2.04. The minimum Gasteiger partial charge on any atom is -0.296 e. The Hall–Kier alpha value is -1.75. The van der Waals surface area contributed by atoms with Gasteiger partial charge in [-0.1, -0.05) is 62.1 Å². The van der Waals surface area contributed by atoms with Gasteiger partial charge >= 0.3 is 0 Å². The van der Waals surface area contributed by atoms with Crippen LogP contribution in [0.15, 0.2) is 30.3 Å². The summed E-state index contributed by atoms with van der Waals surface area (Å²) in [6.45, 7) is 2.21. The lowest BCUT2D eigenvalue weighted by molar-refractivity contribution is 0.102. The van der Waals surface area contributed by atoms with Crippen LogP contribution < -0.4 is 5.32 Å². The summed E-state index contributed by atoms with van der Waals surface area (Å²) >= 11 is 1.47. The molecular weight excluding hydrogens is 282 g/mol. The highest BCUT2D eigenvalue weighted by atomic mass is 32.1. The minimum absolute atomic E-state index is 0.138. The van der Waals surface area contributed by atoms with Gasteiger partial charge < -0.3 is 0 Å². The van der Waals surface area contributed by atoms with Crippen LogP contribution in [0.2, 0.25) is 0 Å². The van der Waals surface area contributed by atoms with Crippen LogP contribution in [0.25, 0.3) is 0 Å². The highest BCUT2D eigenvalue weighted by molar-refractivity contribution is 7.15. The van der Waals surface area contributed by atoms with Gasteiger partial charge in [-0.3, -0.25) is 10.1 Å². The highest BCUT2D eigenvalue weighted by Gasteiger charge is 2.09. The number of benzene rings is 1. The van der Waals surface area contributed by atoms with Crippen LogP contribution in [-0.2, 0) is 6.42 Å². The van der Waals surface area contributed by atoms with Crippen molar-refractivity contribution < 1.29 is 4.79 Å². The van der Waals surface area contributed by atoms with Gasteiger partial charge in [-0.15, -0.1) is 10.2 Å². The van der Waals surface area contributed by atoms with E-state index < -0.39 is 0 Å². The molecule has 2 rings (SSSR count). The Morgan fingerprint density at radius 1 is 1.10 bits per heavy atom. The molecule has 1 N–H and O–H groups in total. The Balaban J connectivity index is 1.79. The minimum atomic E-state index is -0.138. The molecule has 21 heavy (non-hydrogen) atoms. The number of unbranched alkanes of at least 4 members (excludes halogenated alkanes) is 4. The summed E-state index contributed by atoms with van der Waals surface area (Å²) in [7, 11) is 0. The number of aromatic nitrogens is 2. The molecular formula is C16H21N3OS. The van der Waals surface area contributed by atoms with E-state index in [1.807, 2.05) is 18.2 Å². The van der Waals surface area contributed by atoms with Crippen LogP contribution in [0.3, 0.4) is 0 Å². The van der Waals surface area contributed by atoms with Gasteiger partial charge in [-0.2, -0.15) is 0 Å². The van der Waals surface area contributed by atoms with Crippen molar-refractivity contribution in [3.05, 3.63) is 40.9 Å². The molecule has 4 nitrogen and oxygen atoms in total. The van der Waals surface area contributed by atoms with Crippen LogP contribution in [0, 0.1) is 0 Å². The third kappa shape index (κ3) is 5.27. The van der Waals surface area contributed by atoms with Gasteiger partial charge in [0.2, 0.25) is 5.13 Å². The Morgan fingerprint density at radius 2 is 1.86 bits per heavy atom. The molecule has 1 amide bonds. The van der Waals surface area contributed by atoms with Crippen LogP contribution >= 0.6 is 11.3 Å². The molecule has 0 radical (unpaired) electrons. The number of nitrogens with one attached hydrogen (secondary N) is 1. The van der Waals surface area contributed by atoms with Crippen molar-refractivity contribution in [1.29, 1.82) is 0 Å². The Morgan fingerprint density at radius 3 is 2.62 bits per heavy atom. The molecule has 0 fully saturated rings. The summed E-state index contributed by atoms with van der Waals surface area (Å²) in [4.78, 5) is 12.0. The van der Waals surface area contributed by atoms with Gasteiger partial charge in [0.25, 0.3) is 5.91 Å². The second-order valence-electron chi connectivity index (χ2n) is 4.99. The Labute approximate surface area is 129 Å². The lowest BCUT2D eigenvalue weighted by Crippen LogP contribution is -2.11. The first-order valence-corrected chi connectivity index (χ1v) is 8.30. The molecule has 0 aliphatic carbocycles. The van der Waals surface area contributed by atoms with E-state index in [9.17, 15) is 4.79 Å². The molecule has 0 aliphatic heterocycles. The number of aryl methyl sites for hydroxylation is 1. The lowest BCUT2D eigenvalue weighted by Gasteiger charge is -1.99. The summed E-state index contributed by atoms with van der Waals surface area (Å²) < 4.78 is 0. The average molecular weight is 303 g/mol. The van der Waals surface area contributed by atoms with Gasteiger partial charge in [0, 0.05) is 12.0 Å². The first-order valence-electron chi connectivity index (χ1n) is 7.48. The molecule has 112 valence electrons. The van der Waals surface area contributed by atoms with E-state index >= 15 is 0 Å². The Bertz CT molecular complexity index is 554. The monoisotopic (exact) mass is 303 g/mol. The van der Waals surface area contributed by atoms with Gasteiger partial charge in [-0.25, -0.2) is 0 Å². The molecule has 0 bridgehead atoms. The standard InChI is InChI=1S/C16H21N3OS/c1-2-3-4-5-9-12-14-18-19-16(21-14)17-15(20)13-10-7-6-8-11-13/h6-8,10-11H,2-5,9,12H2,1H3,(H,17,19,20). The Kier molecular flexibility index (Phi) is 6.34. The fourth-order valence-corrected chi connectivity index (χ4v) is 2.82. The molecule has 2 aromatic rings. The predicted octanol–water partition coefficient (Wildman–Crippen LogP) is 4.30. The normalized spacial score (nSPS) is 10.5. The average Bonchev–Trinajstić information content (AvgIpc) is 2.95. The molecule has 0 unspecified atom stereocenters. The van der Waals surface area contributed by atoms with Crippen LogP contribution in [-0.4, -0.2) is 16.1 Å². The topological polar surface area (TPSA) is 54.9 Å². The van der Waals surface area contributed by atoms with Crippen molar-refractivity contribution in [1.82, 2.24) is 10.2 Å². The predicted molar refractivity (Wildman–Crippen MR) is 86.8 cm³/mol. The molecule has 0 spiro atoms. The van der Waals surface area contributed by atoms with Crippen molar-refractivity contribution in [2.45, 2.75) is 45.4 Å². The van der Waals surface area contributed by atoms with E-state index in [0.29, 0.717) is 10.7 Å². The first-order chi connectivity index (χ1) is 10.3. The number of carbonyl (C=O) groups is 1. The summed E-state index contributed by atoms with van der Waals surface area (Å²) in [5.41, 5.74) is 0.633. The zero-order valence-corrected chi connectivity index (χ0v) is 13.2. The number of nitrogens with zero attached hydrogens (tertiary/aromatic N) is 2. The summed E-state index contributed by atoms with van der Waals surface area (Å²) in [5.74, 6) is -0.138. The third-order valence-corrected chi connectivity index (χ3v) is 4.12. The number of anilines is 1. The van der Waals surface area contributed by atoms with E-state index in [4.69, 9.17) is 0 Å². The zero-order chi connectivity index (χ0) is 14.9. The molecule has 0 saturated heterocycles. The number of hydrogen-bond donors (Lipinski definition) is 1. The molecule has 1 heterocycles. The molecule has 0 atom stereocenters. The van der Waals surface area contributed by atoms with Gasteiger partial charge in [0.15, 0.2) is 0 Å². The molecule has 0 aliphatic rings. The van der Waals surface area contributed by atoms with Crippen LogP contribution in [0.4, 0.5) is 5.13 Å². The van der Waals surface area contributed by atoms with Crippen molar-refractivity contribution in [3.63, 3.8) is 0 Å². The second-order valence-corrected chi connectivity index (χ2v) is 6.05. The van der Waals surface area contributed by atoms with Gasteiger partial charge in [0.1, 0.15) is 5.01 Å². The van der Waals surface area contributed by atoms with E-state index in [2.05, 4.69) is 22.4 Å². The maximum Gasteiger partial charge on any atom is 0.257 e. The number of carbonyl (C=O) groups excluding carboxylic acids is 1. The van der Waals surface area contributed by atoms with Gasteiger partial charge in [0.05, 0.1) is 0 Å². The molecule has 1 aromatic carbocycles. The maximum atomic E-state index is 12.0. The SMILES string of the molecule is CCCCCCCc1nnc(NC(=O)c2ccccc2)s1. The highest BCUT2D eigenvalue weighted by Crippen LogP contribution is 2.18. The van der Waals surface area contributed by atoms with E-state index in [1.54, 1.807) is 12.1 Å². The van der Waals surface area contributed by atoms with Crippen molar-refractivity contribution in [2.24, 2.45) is 0 Å². The van der Waals surface area contributed by atoms with Crippen molar-refractivity contribution in [2.75, 3.05) is 5.32 Å². The maximum absolute atomic E-state index is 12.0. The first kappa shape index (κ1) is 15.6. The quantitative estimate of drug-likeness (QED) is 0.740. The summed E-state index contributed by atoms with van der Waals surface area (Å²) in [6, 6.07) is 9.14. The summed E-state index contributed by atoms with van der Waals surface area (Å²) in [6.07, 6.45) is 7.17. The van der Waals surface area contributed by atoms with E-state index in [-0.39, 0.29) is 5.91 Å². The smallest absolute Gasteiger partial charge is 0.257 e. The van der Waals surface area contributed by atoms with Crippen LogP contribution in [0.1, 0.15) is 54.4 Å². The number of hydrogen-bond acceptors (Lipinski definition) is 4. The van der Waals surface area contributed by atoms with Crippen LogP contribution in [0.5, 0.6) is 0 Å². The van der Waals surface area contributed by atoms with Crippen molar-refractivity contribution in [3.8, 4) is 0 Å². The van der Waals surface area contributed by atoms with Gasteiger partial charge in [-0.05, 0) is 18.6 Å². The number of rotatable bonds is 8.